The molecule has 1 atom stereocenters. The Balaban J connectivity index is 2.19. The molecule has 3 heteroatoms. The maximum Gasteiger partial charge on any atom is 0.101 e. The molecular formula is C15H17NOS. The number of hydrogen-bond donors (Lipinski definition) is 1. The van der Waals surface area contributed by atoms with E-state index in [4.69, 9.17) is 0 Å². The molecule has 18 heavy (non-hydrogen) atoms. The van der Waals surface area contributed by atoms with Crippen molar-refractivity contribution in [1.29, 1.82) is 0 Å². The maximum absolute atomic E-state index is 9.84. The smallest absolute Gasteiger partial charge is 0.101 e. The van der Waals surface area contributed by atoms with Crippen LogP contribution in [-0.4, -0.2) is 10.1 Å². The van der Waals surface area contributed by atoms with Gasteiger partial charge < -0.3 is 5.11 Å². The molecular weight excluding hydrogens is 242 g/mol. The molecule has 94 valence electrons. The third kappa shape index (κ3) is 3.12. The summed E-state index contributed by atoms with van der Waals surface area (Å²) in [5.74, 6) is 0. The van der Waals surface area contributed by atoms with Crippen molar-refractivity contribution in [2.24, 2.45) is 0 Å². The van der Waals surface area contributed by atoms with Crippen LogP contribution in [0.3, 0.4) is 0 Å². The van der Waals surface area contributed by atoms with E-state index in [2.05, 4.69) is 17.1 Å². The Hall–Kier alpha value is -1.32. The van der Waals surface area contributed by atoms with Crippen molar-refractivity contribution in [2.45, 2.75) is 36.3 Å². The van der Waals surface area contributed by atoms with Crippen LogP contribution in [0.25, 0.3) is 0 Å². The first-order valence-electron chi connectivity index (χ1n) is 6.08. The molecule has 0 saturated heterocycles. The van der Waals surface area contributed by atoms with Gasteiger partial charge >= 0.3 is 0 Å². The molecule has 0 aliphatic carbocycles. The average Bonchev–Trinajstić information content (AvgIpc) is 2.39. The highest BCUT2D eigenvalue weighted by Gasteiger charge is 2.09. The van der Waals surface area contributed by atoms with E-state index in [0.717, 1.165) is 16.2 Å². The second kappa shape index (κ2) is 6.03. The van der Waals surface area contributed by atoms with Gasteiger partial charge in [-0.3, -0.25) is 0 Å². The van der Waals surface area contributed by atoms with Crippen molar-refractivity contribution in [3.63, 3.8) is 0 Å². The van der Waals surface area contributed by atoms with E-state index < -0.39 is 6.10 Å². The van der Waals surface area contributed by atoms with Gasteiger partial charge in [-0.1, -0.05) is 36.9 Å². The topological polar surface area (TPSA) is 33.1 Å². The third-order valence-corrected chi connectivity index (χ3v) is 3.78. The number of aliphatic hydroxyl groups is 1. The first-order chi connectivity index (χ1) is 8.70. The number of aromatic nitrogens is 1. The van der Waals surface area contributed by atoms with Crippen molar-refractivity contribution in [1.82, 2.24) is 4.98 Å². The number of hydrogen-bond acceptors (Lipinski definition) is 3. The Bertz CT molecular complexity index is 513. The minimum atomic E-state index is -0.409. The zero-order valence-corrected chi connectivity index (χ0v) is 11.4. The summed E-state index contributed by atoms with van der Waals surface area (Å²) in [6, 6.07) is 12.2. The molecule has 2 rings (SSSR count). The zero-order valence-electron chi connectivity index (χ0n) is 10.6. The Morgan fingerprint density at radius 2 is 2.00 bits per heavy atom. The van der Waals surface area contributed by atoms with E-state index in [1.165, 1.54) is 4.90 Å². The summed E-state index contributed by atoms with van der Waals surface area (Å²) >= 11 is 1.64. The van der Waals surface area contributed by atoms with Crippen LogP contribution >= 0.6 is 11.8 Å². The van der Waals surface area contributed by atoms with Gasteiger partial charge in [-0.05, 0) is 37.1 Å². The van der Waals surface area contributed by atoms with Crippen LogP contribution in [0.4, 0.5) is 0 Å². The summed E-state index contributed by atoms with van der Waals surface area (Å²) in [7, 11) is 0. The van der Waals surface area contributed by atoms with Gasteiger partial charge in [-0.15, -0.1) is 0 Å². The van der Waals surface area contributed by atoms with Gasteiger partial charge in [0.2, 0.25) is 0 Å². The van der Waals surface area contributed by atoms with Crippen molar-refractivity contribution < 1.29 is 5.11 Å². The molecule has 0 fully saturated rings. The number of nitrogens with zero attached hydrogens (tertiary/aromatic N) is 1. The van der Waals surface area contributed by atoms with Crippen LogP contribution in [0.15, 0.2) is 52.5 Å². The van der Waals surface area contributed by atoms with E-state index in [1.807, 2.05) is 38.1 Å². The number of pyridine rings is 1. The quantitative estimate of drug-likeness (QED) is 0.901. The minimum Gasteiger partial charge on any atom is -0.388 e. The van der Waals surface area contributed by atoms with E-state index in [0.29, 0.717) is 6.42 Å². The second-order valence-electron chi connectivity index (χ2n) is 4.22. The molecule has 1 N–H and O–H groups in total. The fourth-order valence-electron chi connectivity index (χ4n) is 1.77. The molecule has 0 unspecified atom stereocenters. The molecule has 2 aromatic rings. The molecule has 0 amide bonds. The number of rotatable bonds is 4. The highest BCUT2D eigenvalue weighted by Crippen LogP contribution is 2.28. The fraction of sp³-hybridized carbons (Fsp3) is 0.267. The van der Waals surface area contributed by atoms with Gasteiger partial charge in [0, 0.05) is 16.7 Å². The summed E-state index contributed by atoms with van der Waals surface area (Å²) in [4.78, 5) is 5.58. The number of aliphatic hydroxyl groups excluding tert-OH is 1. The first-order valence-corrected chi connectivity index (χ1v) is 6.90. The van der Waals surface area contributed by atoms with Gasteiger partial charge in [0.1, 0.15) is 5.03 Å². The van der Waals surface area contributed by atoms with Gasteiger partial charge in [-0.2, -0.15) is 0 Å². The molecule has 1 heterocycles. The molecule has 0 aliphatic rings. The van der Waals surface area contributed by atoms with E-state index in [9.17, 15) is 5.11 Å². The predicted molar refractivity (Wildman–Crippen MR) is 74.8 cm³/mol. The van der Waals surface area contributed by atoms with Gasteiger partial charge in [-0.25, -0.2) is 4.98 Å². The largest absolute Gasteiger partial charge is 0.388 e. The SMILES string of the molecule is CC[C@H](O)c1cnc(Sc2ccccc2)cc1C. The van der Waals surface area contributed by atoms with Crippen molar-refractivity contribution in [2.75, 3.05) is 0 Å². The van der Waals surface area contributed by atoms with Crippen LogP contribution in [0.5, 0.6) is 0 Å². The number of benzene rings is 1. The van der Waals surface area contributed by atoms with E-state index in [-0.39, 0.29) is 0 Å². The Labute approximate surface area is 112 Å². The second-order valence-corrected chi connectivity index (χ2v) is 5.31. The normalized spacial score (nSPS) is 12.4. The summed E-state index contributed by atoms with van der Waals surface area (Å²) in [5, 5.41) is 10.8. The van der Waals surface area contributed by atoms with Crippen LogP contribution < -0.4 is 0 Å². The fourth-order valence-corrected chi connectivity index (χ4v) is 2.65. The van der Waals surface area contributed by atoms with Gasteiger partial charge in [0.15, 0.2) is 0 Å². The lowest BCUT2D eigenvalue weighted by atomic mass is 10.1. The van der Waals surface area contributed by atoms with Crippen molar-refractivity contribution >= 4 is 11.8 Å². The monoisotopic (exact) mass is 259 g/mol. The molecule has 0 spiro atoms. The van der Waals surface area contributed by atoms with Crippen LogP contribution in [-0.2, 0) is 0 Å². The average molecular weight is 259 g/mol. The summed E-state index contributed by atoms with van der Waals surface area (Å²) in [5.41, 5.74) is 2.02. The molecule has 0 saturated carbocycles. The molecule has 2 nitrogen and oxygen atoms in total. The molecule has 0 radical (unpaired) electrons. The lowest BCUT2D eigenvalue weighted by Gasteiger charge is -2.12. The first kappa shape index (κ1) is 13.1. The number of aryl methyl sites for hydroxylation is 1. The third-order valence-electron chi connectivity index (χ3n) is 2.84. The Morgan fingerprint density at radius 3 is 2.61 bits per heavy atom. The molecule has 1 aromatic carbocycles. The standard InChI is InChI=1S/C15H17NOS/c1-3-14(17)13-10-16-15(9-11(13)2)18-12-7-5-4-6-8-12/h4-10,14,17H,3H2,1-2H3/t14-/m0/s1. The Morgan fingerprint density at radius 1 is 1.28 bits per heavy atom. The van der Waals surface area contributed by atoms with Crippen LogP contribution in [0, 0.1) is 6.92 Å². The van der Waals surface area contributed by atoms with E-state index >= 15 is 0 Å². The van der Waals surface area contributed by atoms with Crippen molar-refractivity contribution in [3.8, 4) is 0 Å². The summed E-state index contributed by atoms with van der Waals surface area (Å²) < 4.78 is 0. The molecule has 0 aliphatic heterocycles. The van der Waals surface area contributed by atoms with E-state index in [1.54, 1.807) is 18.0 Å². The molecule has 1 aromatic heterocycles. The lowest BCUT2D eigenvalue weighted by Crippen LogP contribution is -1.99. The Kier molecular flexibility index (Phi) is 4.39. The van der Waals surface area contributed by atoms with Crippen LogP contribution in [0.1, 0.15) is 30.6 Å². The molecule has 0 bridgehead atoms. The summed E-state index contributed by atoms with van der Waals surface area (Å²) in [6.45, 7) is 3.99. The highest BCUT2D eigenvalue weighted by atomic mass is 32.2. The lowest BCUT2D eigenvalue weighted by molar-refractivity contribution is 0.172. The predicted octanol–water partition coefficient (Wildman–Crippen LogP) is 3.98. The maximum atomic E-state index is 9.84. The minimum absolute atomic E-state index is 0.409. The zero-order chi connectivity index (χ0) is 13.0. The highest BCUT2D eigenvalue weighted by molar-refractivity contribution is 7.99. The van der Waals surface area contributed by atoms with Gasteiger partial charge in [0.05, 0.1) is 6.10 Å². The summed E-state index contributed by atoms with van der Waals surface area (Å²) in [6.07, 6.45) is 2.09. The van der Waals surface area contributed by atoms with Crippen LogP contribution in [0.2, 0.25) is 0 Å². The van der Waals surface area contributed by atoms with Crippen molar-refractivity contribution in [3.05, 3.63) is 53.7 Å². The van der Waals surface area contributed by atoms with Gasteiger partial charge in [0.25, 0.3) is 0 Å².